The molecule has 0 aromatic heterocycles. The Bertz CT molecular complexity index is 770. The summed E-state index contributed by atoms with van der Waals surface area (Å²) in [4.78, 5) is 13.8. The summed E-state index contributed by atoms with van der Waals surface area (Å²) in [7, 11) is 0. The highest BCUT2D eigenvalue weighted by atomic mass is 32.2. The lowest BCUT2D eigenvalue weighted by Gasteiger charge is -2.18. The zero-order valence-electron chi connectivity index (χ0n) is 14.6. The van der Waals surface area contributed by atoms with Gasteiger partial charge in [-0.15, -0.1) is 11.8 Å². The highest BCUT2D eigenvalue weighted by Crippen LogP contribution is 2.33. The number of Topliss-reactive ketones (excluding diaryl/α,β-unsaturated/α-hetero) is 1. The number of ketones is 1. The number of hydrogen-bond acceptors (Lipinski definition) is 4. The van der Waals surface area contributed by atoms with Crippen molar-refractivity contribution in [3.05, 3.63) is 52.1 Å². The third-order valence-corrected chi connectivity index (χ3v) is 5.82. The van der Waals surface area contributed by atoms with Crippen molar-refractivity contribution in [1.29, 1.82) is 0 Å². The highest BCUT2D eigenvalue weighted by Gasteiger charge is 2.16. The van der Waals surface area contributed by atoms with Gasteiger partial charge in [-0.3, -0.25) is 4.79 Å². The van der Waals surface area contributed by atoms with Gasteiger partial charge >= 0.3 is 0 Å². The number of rotatable bonds is 4. The number of thioether (sulfide) groups is 1. The standard InChI is InChI=1S/C20H22O3S/c1-12-9-13(2)15(4)20(14(12)3)24-11-17(21)16-5-6-18-19(10-16)23-8-7-22-18/h5-6,9-10H,7-8,11H2,1-4H3. The molecular weight excluding hydrogens is 320 g/mol. The number of hydrogen-bond donors (Lipinski definition) is 0. The average molecular weight is 342 g/mol. The van der Waals surface area contributed by atoms with Gasteiger partial charge in [0, 0.05) is 10.5 Å². The first-order valence-electron chi connectivity index (χ1n) is 8.10. The Labute approximate surface area is 147 Å². The summed E-state index contributed by atoms with van der Waals surface area (Å²) in [6, 6.07) is 7.63. The fourth-order valence-corrected chi connectivity index (χ4v) is 4.03. The molecule has 24 heavy (non-hydrogen) atoms. The molecule has 0 saturated carbocycles. The summed E-state index contributed by atoms with van der Waals surface area (Å²) in [5.41, 5.74) is 5.74. The van der Waals surface area contributed by atoms with Gasteiger partial charge in [0.25, 0.3) is 0 Å². The van der Waals surface area contributed by atoms with E-state index < -0.39 is 0 Å². The lowest BCUT2D eigenvalue weighted by molar-refractivity contribution is 0.102. The number of benzene rings is 2. The van der Waals surface area contributed by atoms with Crippen LogP contribution in [0.25, 0.3) is 0 Å². The van der Waals surface area contributed by atoms with E-state index in [2.05, 4.69) is 33.8 Å². The molecule has 0 atom stereocenters. The van der Waals surface area contributed by atoms with Gasteiger partial charge in [0.1, 0.15) is 13.2 Å². The maximum absolute atomic E-state index is 12.6. The summed E-state index contributed by atoms with van der Waals surface area (Å²) in [5.74, 6) is 1.90. The van der Waals surface area contributed by atoms with Crippen molar-refractivity contribution in [1.82, 2.24) is 0 Å². The first-order chi connectivity index (χ1) is 11.5. The molecule has 2 aromatic rings. The molecule has 3 nitrogen and oxygen atoms in total. The molecule has 0 spiro atoms. The molecule has 0 saturated heterocycles. The topological polar surface area (TPSA) is 35.5 Å². The van der Waals surface area contributed by atoms with Crippen LogP contribution in [0.1, 0.15) is 32.6 Å². The Balaban J connectivity index is 1.77. The lowest BCUT2D eigenvalue weighted by Crippen LogP contribution is -2.16. The average Bonchev–Trinajstić information content (AvgIpc) is 2.59. The quantitative estimate of drug-likeness (QED) is 0.598. The van der Waals surface area contributed by atoms with E-state index in [0.717, 1.165) is 0 Å². The molecule has 0 radical (unpaired) electrons. The summed E-state index contributed by atoms with van der Waals surface area (Å²) < 4.78 is 11.1. The zero-order valence-corrected chi connectivity index (χ0v) is 15.4. The van der Waals surface area contributed by atoms with Crippen LogP contribution in [0.2, 0.25) is 0 Å². The number of fused-ring (bicyclic) bond motifs is 1. The molecule has 1 aliphatic heterocycles. The van der Waals surface area contributed by atoms with Gasteiger partial charge < -0.3 is 9.47 Å². The Hall–Kier alpha value is -1.94. The molecule has 0 fully saturated rings. The fraction of sp³-hybridized carbons (Fsp3) is 0.350. The number of carbonyl (C=O) groups is 1. The third-order valence-electron chi connectivity index (χ3n) is 4.51. The minimum absolute atomic E-state index is 0.106. The predicted octanol–water partition coefficient (Wildman–Crippen LogP) is 4.67. The predicted molar refractivity (Wildman–Crippen MR) is 97.9 cm³/mol. The molecule has 3 rings (SSSR count). The Kier molecular flexibility index (Phi) is 4.86. The van der Waals surface area contributed by atoms with Crippen LogP contribution in [0.3, 0.4) is 0 Å². The largest absolute Gasteiger partial charge is 0.486 e. The second kappa shape index (κ2) is 6.89. The lowest BCUT2D eigenvalue weighted by atomic mass is 10.0. The van der Waals surface area contributed by atoms with Crippen LogP contribution in [-0.2, 0) is 0 Å². The maximum atomic E-state index is 12.6. The number of carbonyl (C=O) groups excluding carboxylic acids is 1. The second-order valence-corrected chi connectivity index (χ2v) is 7.15. The molecule has 0 unspecified atom stereocenters. The Morgan fingerprint density at radius 1 is 0.958 bits per heavy atom. The minimum atomic E-state index is 0.106. The van der Waals surface area contributed by atoms with E-state index >= 15 is 0 Å². The van der Waals surface area contributed by atoms with Gasteiger partial charge in [-0.2, -0.15) is 0 Å². The summed E-state index contributed by atoms with van der Waals surface area (Å²) >= 11 is 1.62. The summed E-state index contributed by atoms with van der Waals surface area (Å²) in [5, 5.41) is 0. The van der Waals surface area contributed by atoms with Crippen LogP contribution in [0.15, 0.2) is 29.2 Å². The first kappa shape index (κ1) is 16.9. The van der Waals surface area contributed by atoms with E-state index in [0.29, 0.717) is 36.0 Å². The Morgan fingerprint density at radius 3 is 2.25 bits per heavy atom. The van der Waals surface area contributed by atoms with Gasteiger partial charge in [-0.1, -0.05) is 6.07 Å². The fourth-order valence-electron chi connectivity index (χ4n) is 2.84. The maximum Gasteiger partial charge on any atom is 0.173 e. The van der Waals surface area contributed by atoms with Gasteiger partial charge in [0.05, 0.1) is 5.75 Å². The van der Waals surface area contributed by atoms with Gasteiger partial charge in [0.2, 0.25) is 0 Å². The summed E-state index contributed by atoms with van der Waals surface area (Å²) in [6.07, 6.45) is 0. The first-order valence-corrected chi connectivity index (χ1v) is 9.09. The summed E-state index contributed by atoms with van der Waals surface area (Å²) in [6.45, 7) is 9.57. The van der Waals surface area contributed by atoms with Crippen molar-refractivity contribution in [2.75, 3.05) is 19.0 Å². The van der Waals surface area contributed by atoms with Crippen LogP contribution >= 0.6 is 11.8 Å². The molecule has 2 aromatic carbocycles. The van der Waals surface area contributed by atoms with Crippen molar-refractivity contribution in [2.24, 2.45) is 0 Å². The van der Waals surface area contributed by atoms with Crippen molar-refractivity contribution < 1.29 is 14.3 Å². The number of aryl methyl sites for hydroxylation is 2. The van der Waals surface area contributed by atoms with Crippen LogP contribution < -0.4 is 9.47 Å². The smallest absolute Gasteiger partial charge is 0.173 e. The van der Waals surface area contributed by atoms with E-state index in [9.17, 15) is 4.79 Å². The van der Waals surface area contributed by atoms with Crippen molar-refractivity contribution in [2.45, 2.75) is 32.6 Å². The van der Waals surface area contributed by atoms with E-state index in [1.54, 1.807) is 17.8 Å². The van der Waals surface area contributed by atoms with E-state index in [4.69, 9.17) is 9.47 Å². The zero-order chi connectivity index (χ0) is 17.3. The van der Waals surface area contributed by atoms with Gasteiger partial charge in [-0.25, -0.2) is 0 Å². The third kappa shape index (κ3) is 3.29. The Morgan fingerprint density at radius 2 is 1.58 bits per heavy atom. The van der Waals surface area contributed by atoms with E-state index in [-0.39, 0.29) is 5.78 Å². The SMILES string of the molecule is Cc1cc(C)c(C)c(SCC(=O)c2ccc3c(c2)OCCO3)c1C. The highest BCUT2D eigenvalue weighted by molar-refractivity contribution is 8.00. The normalized spacial score (nSPS) is 13.0. The monoisotopic (exact) mass is 342 g/mol. The molecule has 1 heterocycles. The van der Waals surface area contributed by atoms with E-state index in [1.807, 2.05) is 12.1 Å². The van der Waals surface area contributed by atoms with Crippen LogP contribution in [0.4, 0.5) is 0 Å². The molecule has 4 heteroatoms. The van der Waals surface area contributed by atoms with Gasteiger partial charge in [0.15, 0.2) is 17.3 Å². The van der Waals surface area contributed by atoms with Crippen molar-refractivity contribution in [3.8, 4) is 11.5 Å². The molecule has 0 bridgehead atoms. The molecule has 0 amide bonds. The van der Waals surface area contributed by atoms with Crippen LogP contribution in [0, 0.1) is 27.7 Å². The molecule has 0 aliphatic carbocycles. The molecule has 1 aliphatic rings. The minimum Gasteiger partial charge on any atom is -0.486 e. The van der Waals surface area contributed by atoms with E-state index in [1.165, 1.54) is 27.1 Å². The van der Waals surface area contributed by atoms with Crippen LogP contribution in [0.5, 0.6) is 11.5 Å². The second-order valence-electron chi connectivity index (χ2n) is 6.16. The molecule has 126 valence electrons. The molecule has 0 N–H and O–H groups in total. The number of ether oxygens (including phenoxy) is 2. The molecular formula is C20H22O3S. The van der Waals surface area contributed by atoms with Crippen molar-refractivity contribution >= 4 is 17.5 Å². The van der Waals surface area contributed by atoms with Gasteiger partial charge in [-0.05, 0) is 68.1 Å². The van der Waals surface area contributed by atoms with Crippen LogP contribution in [-0.4, -0.2) is 24.7 Å². The van der Waals surface area contributed by atoms with Crippen molar-refractivity contribution in [3.63, 3.8) is 0 Å².